The summed E-state index contributed by atoms with van der Waals surface area (Å²) < 4.78 is 0. The first-order valence-electron chi connectivity index (χ1n) is 8.55. The fourth-order valence-electron chi connectivity index (χ4n) is 2.86. The van der Waals surface area contributed by atoms with E-state index in [9.17, 15) is 9.59 Å². The zero-order valence-electron chi connectivity index (χ0n) is 15.0. The summed E-state index contributed by atoms with van der Waals surface area (Å²) in [5.74, 6) is 0.186. The Morgan fingerprint density at radius 2 is 1.58 bits per heavy atom. The fourth-order valence-corrected chi connectivity index (χ4v) is 2.86. The van der Waals surface area contributed by atoms with Gasteiger partial charge in [-0.05, 0) is 53.4 Å². The van der Waals surface area contributed by atoms with Crippen molar-refractivity contribution in [3.05, 3.63) is 59.2 Å². The molecule has 0 unspecified atom stereocenters. The maximum Gasteiger partial charge on any atom is 0.255 e. The number of hydrogen-bond acceptors (Lipinski definition) is 3. The second kappa shape index (κ2) is 8.83. The van der Waals surface area contributed by atoms with Gasteiger partial charge in [0.1, 0.15) is 0 Å². The molecule has 1 aliphatic heterocycles. The van der Waals surface area contributed by atoms with Crippen LogP contribution >= 0.6 is 12.4 Å². The Hall–Kier alpha value is -2.37. The van der Waals surface area contributed by atoms with Crippen molar-refractivity contribution in [1.29, 1.82) is 0 Å². The van der Waals surface area contributed by atoms with Crippen LogP contribution in [0, 0.1) is 5.92 Å². The number of carbonyl (C=O) groups excluding carboxylic acids is 2. The number of anilines is 2. The van der Waals surface area contributed by atoms with E-state index in [1.54, 1.807) is 24.3 Å². The molecule has 3 rings (SSSR count). The Labute approximate surface area is 160 Å². The van der Waals surface area contributed by atoms with Crippen molar-refractivity contribution in [1.82, 2.24) is 5.32 Å². The first kappa shape index (κ1) is 19.9. The first-order valence-corrected chi connectivity index (χ1v) is 8.55. The molecule has 1 heterocycles. The number of fused-ring (bicyclic) bond motifs is 1. The molecule has 2 aromatic rings. The summed E-state index contributed by atoms with van der Waals surface area (Å²) >= 11 is 0. The highest BCUT2D eigenvalue weighted by atomic mass is 35.5. The number of nitrogens with one attached hydrogen (secondary N) is 3. The molecule has 0 atom stereocenters. The zero-order valence-corrected chi connectivity index (χ0v) is 15.8. The third-order valence-corrected chi connectivity index (χ3v) is 4.12. The van der Waals surface area contributed by atoms with Gasteiger partial charge < -0.3 is 16.0 Å². The maximum atomic E-state index is 12.4. The molecule has 2 aromatic carbocycles. The van der Waals surface area contributed by atoms with Crippen molar-refractivity contribution in [3.63, 3.8) is 0 Å². The molecule has 1 aliphatic rings. The fraction of sp³-hybridized carbons (Fsp3) is 0.300. The summed E-state index contributed by atoms with van der Waals surface area (Å²) in [5.41, 5.74) is 4.50. The van der Waals surface area contributed by atoms with Gasteiger partial charge in [-0.2, -0.15) is 0 Å². The SMILES string of the molecule is CC(C)CC(=O)Nc1ccc(NC(=O)c2ccc3c(c2)CNC3)cc1.Cl. The summed E-state index contributed by atoms with van der Waals surface area (Å²) in [7, 11) is 0. The molecular weight excluding hydrogens is 350 g/mol. The van der Waals surface area contributed by atoms with E-state index in [2.05, 4.69) is 16.0 Å². The lowest BCUT2D eigenvalue weighted by molar-refractivity contribution is -0.116. The van der Waals surface area contributed by atoms with Crippen LogP contribution in [-0.2, 0) is 17.9 Å². The highest BCUT2D eigenvalue weighted by Gasteiger charge is 2.13. The van der Waals surface area contributed by atoms with Gasteiger partial charge in [0.2, 0.25) is 5.91 Å². The number of amides is 2. The minimum Gasteiger partial charge on any atom is -0.326 e. The van der Waals surface area contributed by atoms with Crippen LogP contribution in [-0.4, -0.2) is 11.8 Å². The molecule has 6 heteroatoms. The second-order valence-electron chi connectivity index (χ2n) is 6.76. The Kier molecular flexibility index (Phi) is 6.77. The predicted molar refractivity (Wildman–Crippen MR) is 107 cm³/mol. The molecule has 0 spiro atoms. The van der Waals surface area contributed by atoms with Gasteiger partial charge in [-0.1, -0.05) is 19.9 Å². The molecule has 3 N–H and O–H groups in total. The van der Waals surface area contributed by atoms with E-state index < -0.39 is 0 Å². The molecule has 0 aromatic heterocycles. The van der Waals surface area contributed by atoms with E-state index in [0.717, 1.165) is 18.8 Å². The van der Waals surface area contributed by atoms with E-state index in [1.165, 1.54) is 11.1 Å². The largest absolute Gasteiger partial charge is 0.326 e. The molecule has 2 amide bonds. The van der Waals surface area contributed by atoms with Gasteiger partial charge in [0.15, 0.2) is 0 Å². The van der Waals surface area contributed by atoms with Crippen LogP contribution in [0.3, 0.4) is 0 Å². The Morgan fingerprint density at radius 3 is 2.23 bits per heavy atom. The summed E-state index contributed by atoms with van der Waals surface area (Å²) in [6, 6.07) is 12.9. The van der Waals surface area contributed by atoms with E-state index in [1.807, 2.05) is 32.0 Å². The molecule has 0 saturated carbocycles. The standard InChI is InChI=1S/C20H23N3O2.ClH/c1-13(2)9-19(24)22-17-5-7-18(8-6-17)23-20(25)14-3-4-15-11-21-12-16(15)10-14;/h3-8,10,13,21H,9,11-12H2,1-2H3,(H,22,24)(H,23,25);1H. The molecule has 0 saturated heterocycles. The maximum absolute atomic E-state index is 12.4. The van der Waals surface area contributed by atoms with E-state index >= 15 is 0 Å². The Bertz CT molecular complexity index is 788. The van der Waals surface area contributed by atoms with Crippen molar-refractivity contribution >= 4 is 35.6 Å². The lowest BCUT2D eigenvalue weighted by Crippen LogP contribution is -2.14. The molecule has 138 valence electrons. The topological polar surface area (TPSA) is 70.2 Å². The number of benzene rings is 2. The third-order valence-electron chi connectivity index (χ3n) is 4.12. The summed E-state index contributed by atoms with van der Waals surface area (Å²) in [6.45, 7) is 5.68. The van der Waals surface area contributed by atoms with Crippen LogP contribution in [0.5, 0.6) is 0 Å². The van der Waals surface area contributed by atoms with Gasteiger partial charge in [0, 0.05) is 36.4 Å². The van der Waals surface area contributed by atoms with Gasteiger partial charge >= 0.3 is 0 Å². The third kappa shape index (κ3) is 5.07. The summed E-state index contributed by atoms with van der Waals surface area (Å²) in [6.07, 6.45) is 0.492. The molecule has 0 radical (unpaired) electrons. The van der Waals surface area contributed by atoms with Gasteiger partial charge in [-0.15, -0.1) is 12.4 Å². The molecular formula is C20H24ClN3O2. The quantitative estimate of drug-likeness (QED) is 0.743. The average molecular weight is 374 g/mol. The van der Waals surface area contributed by atoms with Crippen LogP contribution in [0.25, 0.3) is 0 Å². The smallest absolute Gasteiger partial charge is 0.255 e. The monoisotopic (exact) mass is 373 g/mol. The lowest BCUT2D eigenvalue weighted by Gasteiger charge is -2.09. The van der Waals surface area contributed by atoms with E-state index in [4.69, 9.17) is 0 Å². The number of hydrogen-bond donors (Lipinski definition) is 3. The Morgan fingerprint density at radius 1 is 0.962 bits per heavy atom. The average Bonchev–Trinajstić information content (AvgIpc) is 3.03. The van der Waals surface area contributed by atoms with E-state index in [-0.39, 0.29) is 24.2 Å². The molecule has 0 fully saturated rings. The lowest BCUT2D eigenvalue weighted by atomic mass is 10.1. The van der Waals surface area contributed by atoms with Gasteiger partial charge in [-0.25, -0.2) is 0 Å². The van der Waals surface area contributed by atoms with Crippen molar-refractivity contribution in [2.75, 3.05) is 10.6 Å². The number of carbonyl (C=O) groups is 2. The summed E-state index contributed by atoms with van der Waals surface area (Å²) in [4.78, 5) is 24.2. The second-order valence-corrected chi connectivity index (χ2v) is 6.76. The van der Waals surface area contributed by atoms with Crippen LogP contribution < -0.4 is 16.0 Å². The minimum absolute atomic E-state index is 0. The van der Waals surface area contributed by atoms with Crippen molar-refractivity contribution < 1.29 is 9.59 Å². The highest BCUT2D eigenvalue weighted by Crippen LogP contribution is 2.19. The van der Waals surface area contributed by atoms with Gasteiger partial charge in [-0.3, -0.25) is 9.59 Å². The van der Waals surface area contributed by atoms with Crippen LogP contribution in [0.2, 0.25) is 0 Å². The molecule has 0 aliphatic carbocycles. The van der Waals surface area contributed by atoms with Crippen molar-refractivity contribution in [2.24, 2.45) is 5.92 Å². The zero-order chi connectivity index (χ0) is 17.8. The normalized spacial score (nSPS) is 12.3. The van der Waals surface area contributed by atoms with Gasteiger partial charge in [0.05, 0.1) is 0 Å². The van der Waals surface area contributed by atoms with Gasteiger partial charge in [0.25, 0.3) is 5.91 Å². The Balaban J connectivity index is 0.00000243. The predicted octanol–water partition coefficient (Wildman–Crippen LogP) is 3.95. The molecule has 26 heavy (non-hydrogen) atoms. The van der Waals surface area contributed by atoms with E-state index in [0.29, 0.717) is 23.6 Å². The molecule has 0 bridgehead atoms. The van der Waals surface area contributed by atoms with Crippen molar-refractivity contribution in [3.8, 4) is 0 Å². The first-order chi connectivity index (χ1) is 12.0. The molecule has 5 nitrogen and oxygen atoms in total. The number of halogens is 1. The van der Waals surface area contributed by atoms with Crippen LogP contribution in [0.15, 0.2) is 42.5 Å². The highest BCUT2D eigenvalue weighted by molar-refractivity contribution is 6.04. The van der Waals surface area contributed by atoms with Crippen LogP contribution in [0.4, 0.5) is 11.4 Å². The number of rotatable bonds is 5. The van der Waals surface area contributed by atoms with Crippen LogP contribution in [0.1, 0.15) is 41.8 Å². The summed E-state index contributed by atoms with van der Waals surface area (Å²) in [5, 5.41) is 9.02. The van der Waals surface area contributed by atoms with Crippen molar-refractivity contribution in [2.45, 2.75) is 33.4 Å². The minimum atomic E-state index is -0.133.